The number of furan rings is 2. The zero-order valence-corrected chi connectivity index (χ0v) is 10.3. The Morgan fingerprint density at radius 2 is 2.06 bits per heavy atom. The van der Waals surface area contributed by atoms with Crippen LogP contribution in [0.2, 0.25) is 5.22 Å². The fourth-order valence-electron chi connectivity index (χ4n) is 1.49. The maximum absolute atomic E-state index is 11.9. The van der Waals surface area contributed by atoms with Crippen molar-refractivity contribution in [3.63, 3.8) is 0 Å². The van der Waals surface area contributed by atoms with Gasteiger partial charge in [0.05, 0.1) is 6.54 Å². The highest BCUT2D eigenvalue weighted by Gasteiger charge is 2.16. The lowest BCUT2D eigenvalue weighted by molar-refractivity contribution is 0.0743. The molecule has 0 atom stereocenters. The standard InChI is InChI=1S/C12H12ClNO3/c1-8-3-4-9(16-8)7-14(2)12(15)10-5-6-11(13)17-10/h3-6H,7H2,1-2H3. The van der Waals surface area contributed by atoms with Crippen molar-refractivity contribution in [2.24, 2.45) is 0 Å². The average molecular weight is 254 g/mol. The van der Waals surface area contributed by atoms with Gasteiger partial charge in [-0.05, 0) is 42.8 Å². The molecule has 0 aromatic carbocycles. The van der Waals surface area contributed by atoms with Gasteiger partial charge in [-0.1, -0.05) is 0 Å². The molecule has 0 unspecified atom stereocenters. The van der Waals surface area contributed by atoms with Gasteiger partial charge in [0.1, 0.15) is 11.5 Å². The molecule has 0 spiro atoms. The van der Waals surface area contributed by atoms with Crippen LogP contribution in [-0.4, -0.2) is 17.9 Å². The third-order valence-electron chi connectivity index (χ3n) is 2.32. The Kier molecular flexibility index (Phi) is 3.24. The summed E-state index contributed by atoms with van der Waals surface area (Å²) in [5.74, 6) is 1.55. The lowest BCUT2D eigenvalue weighted by atomic mass is 10.3. The molecule has 5 heteroatoms. The molecule has 0 aliphatic heterocycles. The van der Waals surface area contributed by atoms with Gasteiger partial charge < -0.3 is 13.7 Å². The zero-order valence-electron chi connectivity index (χ0n) is 9.57. The summed E-state index contributed by atoms with van der Waals surface area (Å²) in [4.78, 5) is 13.4. The molecule has 0 fully saturated rings. The van der Waals surface area contributed by atoms with Crippen molar-refractivity contribution < 1.29 is 13.6 Å². The Hall–Kier alpha value is -1.68. The first-order valence-electron chi connectivity index (χ1n) is 5.12. The third-order valence-corrected chi connectivity index (χ3v) is 2.52. The Bertz CT molecular complexity index is 529. The van der Waals surface area contributed by atoms with E-state index in [2.05, 4.69) is 0 Å². The van der Waals surface area contributed by atoms with Crippen LogP contribution in [-0.2, 0) is 6.54 Å². The largest absolute Gasteiger partial charge is 0.464 e. The van der Waals surface area contributed by atoms with Crippen LogP contribution < -0.4 is 0 Å². The molecule has 0 aliphatic carbocycles. The van der Waals surface area contributed by atoms with Gasteiger partial charge in [0, 0.05) is 7.05 Å². The Labute approximate surface area is 104 Å². The second-order valence-electron chi connectivity index (χ2n) is 3.78. The second kappa shape index (κ2) is 4.67. The highest BCUT2D eigenvalue weighted by Crippen LogP contribution is 2.16. The summed E-state index contributed by atoms with van der Waals surface area (Å²) < 4.78 is 10.4. The van der Waals surface area contributed by atoms with Gasteiger partial charge >= 0.3 is 0 Å². The molecule has 0 bridgehead atoms. The minimum atomic E-state index is -0.231. The number of carbonyl (C=O) groups excluding carboxylic acids is 1. The topological polar surface area (TPSA) is 46.6 Å². The Morgan fingerprint density at radius 3 is 2.59 bits per heavy atom. The molecule has 0 aliphatic rings. The normalized spacial score (nSPS) is 10.5. The van der Waals surface area contributed by atoms with E-state index >= 15 is 0 Å². The molecular formula is C12H12ClNO3. The lowest BCUT2D eigenvalue weighted by Crippen LogP contribution is -2.25. The van der Waals surface area contributed by atoms with Crippen molar-refractivity contribution in [1.29, 1.82) is 0 Å². The summed E-state index contributed by atoms with van der Waals surface area (Å²) in [6.07, 6.45) is 0. The highest BCUT2D eigenvalue weighted by atomic mass is 35.5. The number of aryl methyl sites for hydroxylation is 1. The first kappa shape index (κ1) is 11.8. The van der Waals surface area contributed by atoms with Crippen molar-refractivity contribution in [3.8, 4) is 0 Å². The highest BCUT2D eigenvalue weighted by molar-refractivity contribution is 6.29. The van der Waals surface area contributed by atoms with Gasteiger partial charge in [0.2, 0.25) is 0 Å². The number of amides is 1. The smallest absolute Gasteiger partial charge is 0.289 e. The fourth-order valence-corrected chi connectivity index (χ4v) is 1.64. The number of rotatable bonds is 3. The van der Waals surface area contributed by atoms with Crippen molar-refractivity contribution >= 4 is 17.5 Å². The van der Waals surface area contributed by atoms with E-state index in [0.29, 0.717) is 6.54 Å². The van der Waals surface area contributed by atoms with Crippen molar-refractivity contribution in [3.05, 3.63) is 46.8 Å². The summed E-state index contributed by atoms with van der Waals surface area (Å²) in [7, 11) is 1.68. The van der Waals surface area contributed by atoms with Crippen molar-refractivity contribution in [2.75, 3.05) is 7.05 Å². The second-order valence-corrected chi connectivity index (χ2v) is 4.15. The van der Waals surface area contributed by atoms with Crippen molar-refractivity contribution in [1.82, 2.24) is 4.90 Å². The summed E-state index contributed by atoms with van der Waals surface area (Å²) >= 11 is 5.62. The molecule has 4 nitrogen and oxygen atoms in total. The minimum Gasteiger partial charge on any atom is -0.464 e. The Morgan fingerprint density at radius 1 is 1.29 bits per heavy atom. The van der Waals surface area contributed by atoms with Gasteiger partial charge in [-0.25, -0.2) is 0 Å². The first-order valence-corrected chi connectivity index (χ1v) is 5.50. The number of hydrogen-bond acceptors (Lipinski definition) is 3. The van der Waals surface area contributed by atoms with E-state index in [0.717, 1.165) is 11.5 Å². The molecule has 2 rings (SSSR count). The molecule has 2 aromatic rings. The van der Waals surface area contributed by atoms with Crippen LogP contribution in [0.3, 0.4) is 0 Å². The van der Waals surface area contributed by atoms with E-state index in [4.69, 9.17) is 20.4 Å². The molecule has 0 N–H and O–H groups in total. The van der Waals surface area contributed by atoms with Crippen LogP contribution in [0.1, 0.15) is 22.1 Å². The molecule has 0 saturated heterocycles. The van der Waals surface area contributed by atoms with Crippen LogP contribution in [0.5, 0.6) is 0 Å². The summed E-state index contributed by atoms with van der Waals surface area (Å²) in [5.41, 5.74) is 0. The minimum absolute atomic E-state index is 0.204. The van der Waals surface area contributed by atoms with Crippen LogP contribution >= 0.6 is 11.6 Å². The number of carbonyl (C=O) groups is 1. The van der Waals surface area contributed by atoms with E-state index in [1.54, 1.807) is 19.2 Å². The summed E-state index contributed by atoms with van der Waals surface area (Å²) in [6, 6.07) is 6.79. The number of nitrogens with zero attached hydrogens (tertiary/aromatic N) is 1. The Balaban J connectivity index is 2.05. The third kappa shape index (κ3) is 2.71. The molecule has 2 aromatic heterocycles. The number of halogens is 1. The molecule has 1 amide bonds. The van der Waals surface area contributed by atoms with E-state index in [-0.39, 0.29) is 16.9 Å². The van der Waals surface area contributed by atoms with Gasteiger partial charge in [-0.3, -0.25) is 4.79 Å². The van der Waals surface area contributed by atoms with Gasteiger partial charge in [-0.15, -0.1) is 0 Å². The number of hydrogen-bond donors (Lipinski definition) is 0. The maximum Gasteiger partial charge on any atom is 0.289 e. The van der Waals surface area contributed by atoms with Gasteiger partial charge in [0.25, 0.3) is 5.91 Å². The molecular weight excluding hydrogens is 242 g/mol. The molecule has 17 heavy (non-hydrogen) atoms. The van der Waals surface area contributed by atoms with E-state index in [9.17, 15) is 4.79 Å². The lowest BCUT2D eigenvalue weighted by Gasteiger charge is -2.13. The SMILES string of the molecule is Cc1ccc(CN(C)C(=O)c2ccc(Cl)o2)o1. The van der Waals surface area contributed by atoms with Crippen molar-refractivity contribution in [2.45, 2.75) is 13.5 Å². The van der Waals surface area contributed by atoms with Crippen LogP contribution in [0.25, 0.3) is 0 Å². The van der Waals surface area contributed by atoms with Gasteiger partial charge in [0.15, 0.2) is 11.0 Å². The van der Waals surface area contributed by atoms with Crippen LogP contribution in [0, 0.1) is 6.92 Å². The molecule has 2 heterocycles. The maximum atomic E-state index is 11.9. The predicted molar refractivity (Wildman–Crippen MR) is 63.0 cm³/mol. The van der Waals surface area contributed by atoms with Gasteiger partial charge in [-0.2, -0.15) is 0 Å². The zero-order chi connectivity index (χ0) is 12.4. The predicted octanol–water partition coefficient (Wildman–Crippen LogP) is 3.11. The molecule has 90 valence electrons. The molecule has 0 radical (unpaired) electrons. The quantitative estimate of drug-likeness (QED) is 0.844. The summed E-state index contributed by atoms with van der Waals surface area (Å²) in [5, 5.41) is 0.204. The van der Waals surface area contributed by atoms with E-state index < -0.39 is 0 Å². The molecule has 0 saturated carbocycles. The monoisotopic (exact) mass is 253 g/mol. The summed E-state index contributed by atoms with van der Waals surface area (Å²) in [6.45, 7) is 2.25. The first-order chi connectivity index (χ1) is 8.06. The van der Waals surface area contributed by atoms with E-state index in [1.165, 1.54) is 4.90 Å². The average Bonchev–Trinajstić information content (AvgIpc) is 2.87. The fraction of sp³-hybridized carbons (Fsp3) is 0.250. The van der Waals surface area contributed by atoms with E-state index in [1.807, 2.05) is 19.1 Å². The van der Waals surface area contributed by atoms with Crippen LogP contribution in [0.15, 0.2) is 33.1 Å². The van der Waals surface area contributed by atoms with Crippen LogP contribution in [0.4, 0.5) is 0 Å².